The Morgan fingerprint density at radius 3 is 2.43 bits per heavy atom. The molecule has 1 heterocycles. The Hall–Kier alpha value is -1.75. The van der Waals surface area contributed by atoms with Gasteiger partial charge < -0.3 is 9.47 Å². The van der Waals surface area contributed by atoms with Crippen LogP contribution in [0.3, 0.4) is 0 Å². The molecule has 0 saturated heterocycles. The maximum Gasteiger partial charge on any atom is 0.195 e. The Labute approximate surface area is 126 Å². The summed E-state index contributed by atoms with van der Waals surface area (Å²) in [6.07, 6.45) is -0.412. The topological polar surface area (TPSA) is 35.5 Å². The third-order valence-electron chi connectivity index (χ3n) is 3.55. The van der Waals surface area contributed by atoms with Gasteiger partial charge >= 0.3 is 0 Å². The van der Waals surface area contributed by atoms with E-state index in [9.17, 15) is 4.79 Å². The summed E-state index contributed by atoms with van der Waals surface area (Å²) < 4.78 is 12.5. The lowest BCUT2D eigenvalue weighted by atomic mass is 10.1. The number of hydrogen-bond donors (Lipinski definition) is 0. The first kappa shape index (κ1) is 14.2. The highest BCUT2D eigenvalue weighted by Gasteiger charge is 2.12. The second-order valence-electron chi connectivity index (χ2n) is 4.99. The van der Waals surface area contributed by atoms with Gasteiger partial charge in [0.15, 0.2) is 11.7 Å². The van der Waals surface area contributed by atoms with Crippen LogP contribution in [0.1, 0.15) is 17.4 Å². The van der Waals surface area contributed by atoms with Crippen molar-refractivity contribution >= 4 is 31.5 Å². The van der Waals surface area contributed by atoms with Crippen molar-refractivity contribution in [1.29, 1.82) is 0 Å². The minimum absolute atomic E-state index is 0.0837. The van der Waals surface area contributed by atoms with Gasteiger partial charge in [0, 0.05) is 40.0 Å². The van der Waals surface area contributed by atoms with Crippen LogP contribution >= 0.6 is 11.3 Å². The van der Waals surface area contributed by atoms with E-state index in [4.69, 9.17) is 9.47 Å². The second kappa shape index (κ2) is 5.56. The highest BCUT2D eigenvalue weighted by Crippen LogP contribution is 2.28. The molecule has 0 aliphatic rings. The number of methoxy groups -OCH3 is 2. The van der Waals surface area contributed by atoms with Crippen LogP contribution in [0.15, 0.2) is 41.2 Å². The molecule has 0 N–H and O–H groups in total. The lowest BCUT2D eigenvalue weighted by molar-refractivity contribution is -0.105. The first-order chi connectivity index (χ1) is 10.1. The van der Waals surface area contributed by atoms with E-state index in [0.717, 1.165) is 31.3 Å². The van der Waals surface area contributed by atoms with Crippen molar-refractivity contribution in [1.82, 2.24) is 0 Å². The standard InChI is InChI=1S/C17H16O3S/c1-10-4-7-14-13(8-10)16(18)12-6-5-11(9-15(12)21-14)17(19-2)20-3/h4-9,17H,1-3H3. The van der Waals surface area contributed by atoms with E-state index >= 15 is 0 Å². The number of benzene rings is 2. The quantitative estimate of drug-likeness (QED) is 0.541. The molecule has 0 spiro atoms. The molecule has 0 fully saturated rings. The number of hydrogen-bond acceptors (Lipinski definition) is 4. The minimum atomic E-state index is -0.412. The molecule has 0 radical (unpaired) electrons. The SMILES string of the molecule is COC(OC)c1ccc2c(=O)c3cc(C)ccc3sc2c1. The Bertz CT molecular complexity index is 863. The average Bonchev–Trinajstić information content (AvgIpc) is 2.49. The first-order valence-electron chi connectivity index (χ1n) is 6.67. The van der Waals surface area contributed by atoms with Crippen molar-refractivity contribution in [3.05, 3.63) is 57.7 Å². The fourth-order valence-corrected chi connectivity index (χ4v) is 3.60. The molecule has 3 rings (SSSR count). The van der Waals surface area contributed by atoms with Crippen molar-refractivity contribution < 1.29 is 9.47 Å². The summed E-state index contributed by atoms with van der Waals surface area (Å²) in [5.74, 6) is 0. The van der Waals surface area contributed by atoms with Crippen LogP contribution in [0, 0.1) is 6.92 Å². The van der Waals surface area contributed by atoms with E-state index in [1.54, 1.807) is 25.6 Å². The van der Waals surface area contributed by atoms with Gasteiger partial charge in [-0.1, -0.05) is 17.7 Å². The molecular formula is C17H16O3S. The molecule has 3 aromatic rings. The number of rotatable bonds is 3. The molecule has 21 heavy (non-hydrogen) atoms. The highest BCUT2D eigenvalue weighted by molar-refractivity contribution is 7.24. The zero-order valence-electron chi connectivity index (χ0n) is 12.2. The normalized spacial score (nSPS) is 11.6. The van der Waals surface area contributed by atoms with Crippen LogP contribution in [-0.2, 0) is 9.47 Å². The molecule has 0 unspecified atom stereocenters. The number of ether oxygens (including phenoxy) is 2. The predicted molar refractivity (Wildman–Crippen MR) is 87.1 cm³/mol. The molecule has 3 nitrogen and oxygen atoms in total. The molecule has 0 aliphatic carbocycles. The van der Waals surface area contributed by atoms with Gasteiger partial charge in [-0.3, -0.25) is 4.79 Å². The van der Waals surface area contributed by atoms with Gasteiger partial charge in [-0.2, -0.15) is 0 Å². The van der Waals surface area contributed by atoms with E-state index in [1.807, 2.05) is 43.3 Å². The third-order valence-corrected chi connectivity index (χ3v) is 4.68. The lowest BCUT2D eigenvalue weighted by Gasteiger charge is -2.14. The van der Waals surface area contributed by atoms with Crippen LogP contribution in [0.2, 0.25) is 0 Å². The molecule has 0 bridgehead atoms. The maximum atomic E-state index is 12.6. The van der Waals surface area contributed by atoms with Crippen molar-refractivity contribution in [3.8, 4) is 0 Å². The summed E-state index contributed by atoms with van der Waals surface area (Å²) in [6, 6.07) is 11.7. The third kappa shape index (κ3) is 2.46. The van der Waals surface area contributed by atoms with Crippen LogP contribution in [-0.4, -0.2) is 14.2 Å². The van der Waals surface area contributed by atoms with Gasteiger partial charge in [0.05, 0.1) is 0 Å². The highest BCUT2D eigenvalue weighted by atomic mass is 32.1. The van der Waals surface area contributed by atoms with Gasteiger partial charge in [0.25, 0.3) is 0 Å². The Kier molecular flexibility index (Phi) is 3.76. The monoisotopic (exact) mass is 300 g/mol. The molecule has 4 heteroatoms. The predicted octanol–water partition coefficient (Wildman–Crippen LogP) is 4.01. The van der Waals surface area contributed by atoms with E-state index < -0.39 is 6.29 Å². The zero-order chi connectivity index (χ0) is 15.0. The van der Waals surface area contributed by atoms with E-state index in [1.165, 1.54) is 0 Å². The maximum absolute atomic E-state index is 12.6. The molecule has 1 aromatic heterocycles. The fourth-order valence-electron chi connectivity index (χ4n) is 2.50. The van der Waals surface area contributed by atoms with Gasteiger partial charge in [-0.05, 0) is 31.2 Å². The summed E-state index contributed by atoms with van der Waals surface area (Å²) in [6.45, 7) is 2.00. The number of fused-ring (bicyclic) bond motifs is 2. The molecular weight excluding hydrogens is 284 g/mol. The Balaban J connectivity index is 2.30. The van der Waals surface area contributed by atoms with E-state index in [0.29, 0.717) is 0 Å². The van der Waals surface area contributed by atoms with Crippen molar-refractivity contribution in [2.24, 2.45) is 0 Å². The molecule has 0 aliphatic heterocycles. The molecule has 2 aromatic carbocycles. The van der Waals surface area contributed by atoms with Gasteiger partial charge in [0.1, 0.15) is 0 Å². The molecule has 0 atom stereocenters. The summed E-state index contributed by atoms with van der Waals surface area (Å²) in [7, 11) is 3.20. The van der Waals surface area contributed by atoms with E-state index in [2.05, 4.69) is 0 Å². The minimum Gasteiger partial charge on any atom is -0.352 e. The first-order valence-corrected chi connectivity index (χ1v) is 7.48. The Morgan fingerprint density at radius 1 is 0.952 bits per heavy atom. The smallest absolute Gasteiger partial charge is 0.195 e. The van der Waals surface area contributed by atoms with Crippen LogP contribution in [0.4, 0.5) is 0 Å². The summed E-state index contributed by atoms with van der Waals surface area (Å²) in [4.78, 5) is 12.6. The van der Waals surface area contributed by atoms with Crippen molar-refractivity contribution in [2.75, 3.05) is 14.2 Å². The van der Waals surface area contributed by atoms with Crippen LogP contribution in [0.5, 0.6) is 0 Å². The summed E-state index contributed by atoms with van der Waals surface area (Å²) in [5, 5.41) is 1.53. The Morgan fingerprint density at radius 2 is 1.71 bits per heavy atom. The zero-order valence-corrected chi connectivity index (χ0v) is 13.0. The van der Waals surface area contributed by atoms with Gasteiger partial charge in [-0.15, -0.1) is 11.3 Å². The largest absolute Gasteiger partial charge is 0.352 e. The number of aryl methyl sites for hydroxylation is 1. The second-order valence-corrected chi connectivity index (χ2v) is 6.07. The van der Waals surface area contributed by atoms with Crippen molar-refractivity contribution in [3.63, 3.8) is 0 Å². The molecule has 0 amide bonds. The molecule has 0 saturated carbocycles. The summed E-state index contributed by atoms with van der Waals surface area (Å²) in [5.41, 5.74) is 2.09. The van der Waals surface area contributed by atoms with Gasteiger partial charge in [-0.25, -0.2) is 0 Å². The van der Waals surface area contributed by atoms with Crippen molar-refractivity contribution in [2.45, 2.75) is 13.2 Å². The lowest BCUT2D eigenvalue weighted by Crippen LogP contribution is -2.05. The average molecular weight is 300 g/mol. The fraction of sp³-hybridized carbons (Fsp3) is 0.235. The van der Waals surface area contributed by atoms with Crippen LogP contribution in [0.25, 0.3) is 20.2 Å². The summed E-state index contributed by atoms with van der Waals surface area (Å²) >= 11 is 1.62. The molecule has 108 valence electrons. The van der Waals surface area contributed by atoms with Crippen LogP contribution < -0.4 is 5.43 Å². The van der Waals surface area contributed by atoms with Gasteiger partial charge in [0.2, 0.25) is 0 Å². The van der Waals surface area contributed by atoms with E-state index in [-0.39, 0.29) is 5.43 Å².